The third-order valence-electron chi connectivity index (χ3n) is 8.63. The summed E-state index contributed by atoms with van der Waals surface area (Å²) in [5, 5.41) is 10.2. The lowest BCUT2D eigenvalue weighted by Gasteiger charge is -2.66. The predicted octanol–water partition coefficient (Wildman–Crippen LogP) is 4.31. The number of carbonyl (C=O) groups is 1. The van der Waals surface area contributed by atoms with Gasteiger partial charge in [-0.2, -0.15) is 4.98 Å². The molecule has 2 heterocycles. The summed E-state index contributed by atoms with van der Waals surface area (Å²) in [4.78, 5) is 24.3. The van der Waals surface area contributed by atoms with Crippen molar-refractivity contribution in [2.24, 2.45) is 23.2 Å². The number of morpholine rings is 1. The fraction of sp³-hybridized carbons (Fsp3) is 0.577. The average Bonchev–Trinajstić information content (AvgIpc) is 2.86. The molecule has 1 aromatic carbocycles. The largest absolute Gasteiger partial charge is 0.378 e. The van der Waals surface area contributed by atoms with Gasteiger partial charge in [-0.3, -0.25) is 4.79 Å². The Morgan fingerprint density at radius 3 is 2.51 bits per heavy atom. The maximum absolute atomic E-state index is 12.8. The second-order valence-electron chi connectivity index (χ2n) is 10.8. The summed E-state index contributed by atoms with van der Waals surface area (Å²) in [5.74, 6) is 1.81. The normalized spacial score (nSPS) is 29.2. The van der Waals surface area contributed by atoms with Crippen molar-refractivity contribution < 1.29 is 9.53 Å². The topological polar surface area (TPSA) is 91.4 Å². The minimum Gasteiger partial charge on any atom is -0.378 e. The van der Waals surface area contributed by atoms with Gasteiger partial charge in [0, 0.05) is 31.5 Å². The molecule has 8 nitrogen and oxygen atoms in total. The Morgan fingerprint density at radius 2 is 1.86 bits per heavy atom. The molecule has 6 rings (SSSR count). The van der Waals surface area contributed by atoms with Gasteiger partial charge in [0.05, 0.1) is 30.9 Å². The van der Waals surface area contributed by atoms with Crippen LogP contribution < -0.4 is 20.9 Å². The van der Waals surface area contributed by atoms with Crippen molar-refractivity contribution in [3.8, 4) is 0 Å². The second-order valence-corrected chi connectivity index (χ2v) is 11.2. The first-order chi connectivity index (χ1) is 16.7. The second kappa shape index (κ2) is 9.13. The Morgan fingerprint density at radius 1 is 1.14 bits per heavy atom. The van der Waals surface area contributed by atoms with Crippen LogP contribution in [0.4, 0.5) is 23.1 Å². The number of hydrogen-bond donors (Lipinski definition) is 3. The number of hydrogen-bond acceptors (Lipinski definition) is 7. The van der Waals surface area contributed by atoms with Crippen molar-refractivity contribution in [2.75, 3.05) is 48.9 Å². The summed E-state index contributed by atoms with van der Waals surface area (Å²) in [6.45, 7) is 10.1. The maximum Gasteiger partial charge on any atom is 0.229 e. The van der Waals surface area contributed by atoms with E-state index in [-0.39, 0.29) is 17.2 Å². The lowest BCUT2D eigenvalue weighted by Crippen LogP contribution is -2.69. The molecule has 0 unspecified atom stereocenters. The van der Waals surface area contributed by atoms with Crippen LogP contribution >= 0.6 is 11.6 Å². The van der Waals surface area contributed by atoms with E-state index in [1.54, 1.807) is 13.2 Å². The summed E-state index contributed by atoms with van der Waals surface area (Å²) >= 11 is 6.55. The number of amides is 1. The maximum atomic E-state index is 12.8. The van der Waals surface area contributed by atoms with Gasteiger partial charge in [0.1, 0.15) is 5.02 Å². The Kier molecular flexibility index (Phi) is 6.30. The third kappa shape index (κ3) is 4.31. The van der Waals surface area contributed by atoms with Crippen LogP contribution in [0.1, 0.15) is 33.6 Å². The number of halogens is 1. The first-order valence-corrected chi connectivity index (χ1v) is 12.8. The van der Waals surface area contributed by atoms with Crippen LogP contribution in [0.25, 0.3) is 0 Å². The van der Waals surface area contributed by atoms with Crippen LogP contribution in [0.15, 0.2) is 30.5 Å². The standard InChI is InChI=1S/C26H35ClN6O2/c1-25(2)16-13-19(23(34)28-4)26(3,21(25)14-16)32-22-20(27)15-29-24(31-22)30-17-5-7-18(8-6-17)33-9-11-35-12-10-33/h5-8,15-16,19,21H,9-14H2,1-4H3,(H,28,34)(H2,29,30,31,32)/t16-,19+,21+,26-/m0/s1. The van der Waals surface area contributed by atoms with Crippen molar-refractivity contribution in [3.63, 3.8) is 0 Å². The number of carbonyl (C=O) groups excluding carboxylic acids is 1. The van der Waals surface area contributed by atoms with Crippen LogP contribution in [0.5, 0.6) is 0 Å². The molecule has 4 atom stereocenters. The SMILES string of the molecule is CNC(=O)[C@H]1C[C@H]2C[C@H](C2(C)C)[C@@]1(C)Nc1nc(Nc2ccc(N3CCOCC3)cc2)ncc1Cl. The number of nitrogens with zero attached hydrogens (tertiary/aromatic N) is 3. The molecule has 3 N–H and O–H groups in total. The van der Waals surface area contributed by atoms with Crippen LogP contribution in [-0.4, -0.2) is 54.8 Å². The zero-order chi connectivity index (χ0) is 24.8. The van der Waals surface area contributed by atoms with E-state index in [1.807, 2.05) is 12.1 Å². The lowest BCUT2D eigenvalue weighted by molar-refractivity contribution is -0.155. The van der Waals surface area contributed by atoms with Crippen LogP contribution in [0.2, 0.25) is 5.02 Å². The van der Waals surface area contributed by atoms with E-state index in [4.69, 9.17) is 21.3 Å². The predicted molar refractivity (Wildman–Crippen MR) is 139 cm³/mol. The van der Waals surface area contributed by atoms with Crippen molar-refractivity contribution in [3.05, 3.63) is 35.5 Å². The summed E-state index contributed by atoms with van der Waals surface area (Å²) < 4.78 is 5.44. The molecule has 4 fully saturated rings. The quantitative estimate of drug-likeness (QED) is 0.546. The van der Waals surface area contributed by atoms with Gasteiger partial charge in [-0.25, -0.2) is 4.98 Å². The first kappa shape index (κ1) is 24.1. The van der Waals surface area contributed by atoms with Gasteiger partial charge < -0.3 is 25.6 Å². The molecule has 0 spiro atoms. The third-order valence-corrected chi connectivity index (χ3v) is 8.91. The molecule has 2 bridgehead atoms. The molecule has 3 aliphatic carbocycles. The van der Waals surface area contributed by atoms with Gasteiger partial charge in [-0.1, -0.05) is 25.4 Å². The molecule has 35 heavy (non-hydrogen) atoms. The van der Waals surface area contributed by atoms with Crippen molar-refractivity contribution in [1.29, 1.82) is 0 Å². The monoisotopic (exact) mass is 498 g/mol. The molecule has 2 aromatic rings. The summed E-state index contributed by atoms with van der Waals surface area (Å²) in [6, 6.07) is 8.23. The van der Waals surface area contributed by atoms with Gasteiger partial charge in [0.15, 0.2) is 5.82 Å². The Bertz CT molecular complexity index is 1090. The van der Waals surface area contributed by atoms with Gasteiger partial charge in [0.2, 0.25) is 11.9 Å². The highest BCUT2D eigenvalue weighted by atomic mass is 35.5. The van der Waals surface area contributed by atoms with Crippen LogP contribution in [-0.2, 0) is 9.53 Å². The molecule has 1 aliphatic heterocycles. The Balaban J connectivity index is 1.35. The fourth-order valence-electron chi connectivity index (χ4n) is 6.41. The van der Waals surface area contributed by atoms with Gasteiger partial charge in [-0.05, 0) is 61.3 Å². The van der Waals surface area contributed by atoms with Gasteiger partial charge >= 0.3 is 0 Å². The molecule has 0 radical (unpaired) electrons. The lowest BCUT2D eigenvalue weighted by atomic mass is 9.40. The highest BCUT2D eigenvalue weighted by Gasteiger charge is 2.64. The molecule has 3 saturated carbocycles. The van der Waals surface area contributed by atoms with Crippen molar-refractivity contribution >= 4 is 40.6 Å². The van der Waals surface area contributed by atoms with E-state index in [1.165, 1.54) is 5.69 Å². The number of anilines is 4. The van der Waals surface area contributed by atoms with Crippen molar-refractivity contribution in [2.45, 2.75) is 39.2 Å². The van der Waals surface area contributed by atoms with Gasteiger partial charge in [-0.15, -0.1) is 0 Å². The van der Waals surface area contributed by atoms with E-state index in [0.717, 1.165) is 44.8 Å². The summed E-state index contributed by atoms with van der Waals surface area (Å²) in [7, 11) is 1.71. The van der Waals surface area contributed by atoms with E-state index < -0.39 is 5.54 Å². The van der Waals surface area contributed by atoms with E-state index in [9.17, 15) is 4.79 Å². The molecule has 1 amide bonds. The zero-order valence-electron chi connectivity index (χ0n) is 20.9. The zero-order valence-corrected chi connectivity index (χ0v) is 21.7. The number of nitrogens with one attached hydrogen (secondary N) is 3. The smallest absolute Gasteiger partial charge is 0.229 e. The first-order valence-electron chi connectivity index (χ1n) is 12.4. The molecule has 4 aliphatic rings. The summed E-state index contributed by atoms with van der Waals surface area (Å²) in [5.41, 5.74) is 1.76. The minimum atomic E-state index is -0.465. The number of rotatable bonds is 6. The Labute approximate surface area is 212 Å². The molecular formula is C26H35ClN6O2. The van der Waals surface area contributed by atoms with E-state index in [2.05, 4.69) is 58.7 Å². The molecular weight excluding hydrogens is 464 g/mol. The fourth-order valence-corrected chi connectivity index (χ4v) is 6.55. The summed E-state index contributed by atoms with van der Waals surface area (Å²) in [6.07, 6.45) is 3.57. The van der Waals surface area contributed by atoms with Crippen LogP contribution in [0.3, 0.4) is 0 Å². The van der Waals surface area contributed by atoms with Crippen molar-refractivity contribution in [1.82, 2.24) is 15.3 Å². The minimum absolute atomic E-state index is 0.0640. The highest BCUT2D eigenvalue weighted by Crippen LogP contribution is 2.65. The number of fused-ring (bicyclic) bond motifs is 2. The number of ether oxygens (including phenoxy) is 1. The average molecular weight is 499 g/mol. The number of aromatic nitrogens is 2. The van der Waals surface area contributed by atoms with Gasteiger partial charge in [0.25, 0.3) is 0 Å². The highest BCUT2D eigenvalue weighted by molar-refractivity contribution is 6.32. The molecule has 9 heteroatoms. The molecule has 1 saturated heterocycles. The molecule has 1 aromatic heterocycles. The van der Waals surface area contributed by atoms with Crippen LogP contribution in [0, 0.1) is 23.2 Å². The van der Waals surface area contributed by atoms with E-state index in [0.29, 0.717) is 28.6 Å². The number of benzene rings is 1. The Hall–Kier alpha value is -2.58. The molecule has 188 valence electrons. The van der Waals surface area contributed by atoms with E-state index >= 15 is 0 Å².